The minimum atomic E-state index is -0.0721. The van der Waals surface area contributed by atoms with Gasteiger partial charge in [-0.25, -0.2) is 4.79 Å². The standard InChI is InChI=1S/C22H32N4O3/c1-29-20-10-9-17(16-19(20)26-11-5-4-8-21(26)27)23-22(28)25-14-12-24(13-15-25)18-6-2-3-7-18/h9-10,16,18H,2-8,11-15H2,1H3,(H,23,28). The smallest absolute Gasteiger partial charge is 0.321 e. The summed E-state index contributed by atoms with van der Waals surface area (Å²) in [5, 5.41) is 3.02. The molecule has 1 saturated carbocycles. The molecule has 0 unspecified atom stereocenters. The molecule has 0 aromatic heterocycles. The highest BCUT2D eigenvalue weighted by atomic mass is 16.5. The molecule has 2 saturated heterocycles. The van der Waals surface area contributed by atoms with Crippen molar-refractivity contribution >= 4 is 23.3 Å². The summed E-state index contributed by atoms with van der Waals surface area (Å²) in [5.41, 5.74) is 1.43. The lowest BCUT2D eigenvalue weighted by atomic mass is 10.1. The number of piperazine rings is 1. The van der Waals surface area contributed by atoms with Crippen LogP contribution in [0.15, 0.2) is 18.2 Å². The number of hydrogen-bond acceptors (Lipinski definition) is 4. The van der Waals surface area contributed by atoms with Gasteiger partial charge in [-0.15, -0.1) is 0 Å². The molecule has 3 fully saturated rings. The second kappa shape index (κ2) is 9.03. The summed E-state index contributed by atoms with van der Waals surface area (Å²) in [4.78, 5) is 31.4. The first kappa shape index (κ1) is 20.0. The molecule has 0 radical (unpaired) electrons. The van der Waals surface area contributed by atoms with Crippen LogP contribution >= 0.6 is 0 Å². The molecule has 158 valence electrons. The maximum Gasteiger partial charge on any atom is 0.321 e. The van der Waals surface area contributed by atoms with Gasteiger partial charge in [-0.05, 0) is 43.9 Å². The van der Waals surface area contributed by atoms with Crippen LogP contribution in [-0.2, 0) is 4.79 Å². The Kier molecular flexibility index (Phi) is 6.23. The van der Waals surface area contributed by atoms with E-state index in [0.29, 0.717) is 30.4 Å². The van der Waals surface area contributed by atoms with E-state index in [1.54, 1.807) is 12.0 Å². The van der Waals surface area contributed by atoms with Crippen LogP contribution in [0.1, 0.15) is 44.9 Å². The van der Waals surface area contributed by atoms with Crippen LogP contribution < -0.4 is 15.0 Å². The molecule has 3 amide bonds. The maximum absolute atomic E-state index is 12.8. The summed E-state index contributed by atoms with van der Waals surface area (Å²) in [6.45, 7) is 4.12. The van der Waals surface area contributed by atoms with E-state index in [1.165, 1.54) is 25.7 Å². The molecule has 1 aromatic rings. The van der Waals surface area contributed by atoms with Crippen molar-refractivity contribution in [1.82, 2.24) is 9.80 Å². The molecule has 7 heteroatoms. The van der Waals surface area contributed by atoms with Gasteiger partial charge < -0.3 is 19.9 Å². The Balaban J connectivity index is 1.39. The molecule has 0 bridgehead atoms. The van der Waals surface area contributed by atoms with E-state index in [-0.39, 0.29) is 11.9 Å². The van der Waals surface area contributed by atoms with Crippen LogP contribution in [0.4, 0.5) is 16.2 Å². The monoisotopic (exact) mass is 400 g/mol. The Hall–Kier alpha value is -2.28. The highest BCUT2D eigenvalue weighted by molar-refractivity contribution is 5.97. The third kappa shape index (κ3) is 4.50. The molecule has 0 spiro atoms. The second-order valence-electron chi connectivity index (χ2n) is 8.28. The Bertz CT molecular complexity index is 740. The van der Waals surface area contributed by atoms with Crippen molar-refractivity contribution in [2.24, 2.45) is 0 Å². The van der Waals surface area contributed by atoms with E-state index < -0.39 is 0 Å². The number of nitrogens with one attached hydrogen (secondary N) is 1. The highest BCUT2D eigenvalue weighted by Crippen LogP contribution is 2.33. The molecule has 3 aliphatic rings. The summed E-state index contributed by atoms with van der Waals surface area (Å²) in [6, 6.07) is 6.16. The summed E-state index contributed by atoms with van der Waals surface area (Å²) in [7, 11) is 1.61. The van der Waals surface area contributed by atoms with Gasteiger partial charge in [-0.1, -0.05) is 12.8 Å². The SMILES string of the molecule is COc1ccc(NC(=O)N2CCN(C3CCCC3)CC2)cc1N1CCCCC1=O. The summed E-state index contributed by atoms with van der Waals surface area (Å²) in [6.07, 6.45) is 7.75. The fraction of sp³-hybridized carbons (Fsp3) is 0.636. The van der Waals surface area contributed by atoms with Gasteiger partial charge in [-0.3, -0.25) is 9.69 Å². The van der Waals surface area contributed by atoms with Crippen molar-refractivity contribution in [3.8, 4) is 5.75 Å². The third-order valence-corrected chi connectivity index (χ3v) is 6.49. The Morgan fingerprint density at radius 1 is 1.03 bits per heavy atom. The number of methoxy groups -OCH3 is 1. The lowest BCUT2D eigenvalue weighted by Gasteiger charge is -2.38. The lowest BCUT2D eigenvalue weighted by Crippen LogP contribution is -2.52. The zero-order chi connectivity index (χ0) is 20.2. The van der Waals surface area contributed by atoms with E-state index in [1.807, 2.05) is 23.1 Å². The zero-order valence-corrected chi connectivity index (χ0v) is 17.4. The second-order valence-corrected chi connectivity index (χ2v) is 8.28. The Morgan fingerprint density at radius 3 is 2.48 bits per heavy atom. The summed E-state index contributed by atoms with van der Waals surface area (Å²) < 4.78 is 5.46. The van der Waals surface area contributed by atoms with Gasteiger partial charge in [0.25, 0.3) is 0 Å². The van der Waals surface area contributed by atoms with Crippen molar-refractivity contribution in [3.05, 3.63) is 18.2 Å². The number of carbonyl (C=O) groups excluding carboxylic acids is 2. The van der Waals surface area contributed by atoms with E-state index in [0.717, 1.165) is 44.7 Å². The van der Waals surface area contributed by atoms with Crippen LogP contribution in [0.5, 0.6) is 5.75 Å². The fourth-order valence-electron chi connectivity index (χ4n) is 4.80. The normalized spacial score (nSPS) is 21.5. The number of anilines is 2. The minimum absolute atomic E-state index is 0.0721. The van der Waals surface area contributed by atoms with Gasteiger partial charge in [0.1, 0.15) is 5.75 Å². The molecule has 29 heavy (non-hydrogen) atoms. The molecule has 1 aromatic carbocycles. The van der Waals surface area contributed by atoms with Crippen LogP contribution in [0.25, 0.3) is 0 Å². The first-order chi connectivity index (χ1) is 14.2. The molecule has 7 nitrogen and oxygen atoms in total. The van der Waals surface area contributed by atoms with Crippen molar-refractivity contribution in [3.63, 3.8) is 0 Å². The number of ether oxygens (including phenoxy) is 1. The quantitative estimate of drug-likeness (QED) is 0.842. The summed E-state index contributed by atoms with van der Waals surface area (Å²) >= 11 is 0. The van der Waals surface area contributed by atoms with Gasteiger partial charge in [0, 0.05) is 50.9 Å². The molecular formula is C22H32N4O3. The molecular weight excluding hydrogens is 368 g/mol. The van der Waals surface area contributed by atoms with Gasteiger partial charge in [0.2, 0.25) is 5.91 Å². The number of urea groups is 1. The molecule has 4 rings (SSSR count). The number of piperidine rings is 1. The Labute approximate surface area is 173 Å². The molecule has 1 N–H and O–H groups in total. The number of nitrogens with zero attached hydrogens (tertiary/aromatic N) is 3. The van der Waals surface area contributed by atoms with Crippen molar-refractivity contribution < 1.29 is 14.3 Å². The summed E-state index contributed by atoms with van der Waals surface area (Å²) in [5.74, 6) is 0.768. The van der Waals surface area contributed by atoms with Crippen molar-refractivity contribution in [2.45, 2.75) is 51.0 Å². The van der Waals surface area contributed by atoms with E-state index in [4.69, 9.17) is 4.74 Å². The highest BCUT2D eigenvalue weighted by Gasteiger charge is 2.28. The first-order valence-electron chi connectivity index (χ1n) is 10.9. The predicted octanol–water partition coefficient (Wildman–Crippen LogP) is 3.30. The lowest BCUT2D eigenvalue weighted by molar-refractivity contribution is -0.119. The number of amides is 3. The Morgan fingerprint density at radius 2 is 1.79 bits per heavy atom. The molecule has 2 heterocycles. The predicted molar refractivity (Wildman–Crippen MR) is 114 cm³/mol. The average molecular weight is 401 g/mol. The number of carbonyl (C=O) groups is 2. The minimum Gasteiger partial charge on any atom is -0.495 e. The first-order valence-corrected chi connectivity index (χ1v) is 10.9. The third-order valence-electron chi connectivity index (χ3n) is 6.49. The van der Waals surface area contributed by atoms with Crippen LogP contribution in [0.2, 0.25) is 0 Å². The number of rotatable bonds is 4. The van der Waals surface area contributed by atoms with E-state index >= 15 is 0 Å². The maximum atomic E-state index is 12.8. The van der Waals surface area contributed by atoms with E-state index in [9.17, 15) is 9.59 Å². The van der Waals surface area contributed by atoms with Gasteiger partial charge >= 0.3 is 6.03 Å². The largest absolute Gasteiger partial charge is 0.495 e. The van der Waals surface area contributed by atoms with Crippen LogP contribution in [0, 0.1) is 0 Å². The van der Waals surface area contributed by atoms with Crippen molar-refractivity contribution in [2.75, 3.05) is 50.1 Å². The van der Waals surface area contributed by atoms with E-state index in [2.05, 4.69) is 10.2 Å². The van der Waals surface area contributed by atoms with Crippen molar-refractivity contribution in [1.29, 1.82) is 0 Å². The molecule has 2 aliphatic heterocycles. The van der Waals surface area contributed by atoms with Gasteiger partial charge in [-0.2, -0.15) is 0 Å². The van der Waals surface area contributed by atoms with Gasteiger partial charge in [0.05, 0.1) is 12.8 Å². The number of benzene rings is 1. The van der Waals surface area contributed by atoms with Crippen LogP contribution in [0.3, 0.4) is 0 Å². The average Bonchev–Trinajstić information content (AvgIpc) is 3.29. The zero-order valence-electron chi connectivity index (χ0n) is 17.4. The topological polar surface area (TPSA) is 65.1 Å². The number of hydrogen-bond donors (Lipinski definition) is 1. The molecule has 1 aliphatic carbocycles. The van der Waals surface area contributed by atoms with Gasteiger partial charge in [0.15, 0.2) is 0 Å². The fourth-order valence-corrected chi connectivity index (χ4v) is 4.80. The van der Waals surface area contributed by atoms with Crippen LogP contribution in [-0.4, -0.2) is 67.6 Å². The molecule has 0 atom stereocenters.